The van der Waals surface area contributed by atoms with E-state index in [1.165, 1.54) is 0 Å². The number of nitrogens with one attached hydrogen (secondary N) is 1. The highest BCUT2D eigenvalue weighted by Gasteiger charge is 2.09. The van der Waals surface area contributed by atoms with Crippen molar-refractivity contribution in [2.75, 3.05) is 6.54 Å². The fourth-order valence-electron chi connectivity index (χ4n) is 1.90. The van der Waals surface area contributed by atoms with Gasteiger partial charge in [0.1, 0.15) is 5.84 Å². The lowest BCUT2D eigenvalue weighted by molar-refractivity contribution is 0.0955. The van der Waals surface area contributed by atoms with Crippen molar-refractivity contribution in [3.05, 3.63) is 42.1 Å². The number of para-hydroxylation sites is 1. The fraction of sp³-hybridized carbons (Fsp3) is 0.214. The molecule has 20 heavy (non-hydrogen) atoms. The predicted octanol–water partition coefficient (Wildman–Crippen LogP) is 1.49. The van der Waals surface area contributed by atoms with Crippen molar-refractivity contribution < 1.29 is 10.0 Å². The van der Waals surface area contributed by atoms with E-state index in [0.29, 0.717) is 30.5 Å². The van der Waals surface area contributed by atoms with Gasteiger partial charge in [0.2, 0.25) is 0 Å². The van der Waals surface area contributed by atoms with Crippen LogP contribution in [0, 0.1) is 0 Å². The molecule has 0 spiro atoms. The maximum absolute atomic E-state index is 12.1. The van der Waals surface area contributed by atoms with Crippen LogP contribution in [-0.4, -0.2) is 28.5 Å². The summed E-state index contributed by atoms with van der Waals surface area (Å²) in [5.41, 5.74) is 6.58. The Hall–Kier alpha value is -2.63. The molecule has 0 saturated carbocycles. The first kappa shape index (κ1) is 13.8. The molecule has 1 aromatic heterocycles. The zero-order valence-electron chi connectivity index (χ0n) is 10.9. The summed E-state index contributed by atoms with van der Waals surface area (Å²) in [5.74, 6) is -0.0140. The fourth-order valence-corrected chi connectivity index (χ4v) is 1.90. The van der Waals surface area contributed by atoms with Crippen LogP contribution >= 0.6 is 0 Å². The molecule has 1 heterocycles. The molecule has 2 aromatic rings. The summed E-state index contributed by atoms with van der Waals surface area (Å²) < 4.78 is 0. The zero-order chi connectivity index (χ0) is 14.4. The van der Waals surface area contributed by atoms with Crippen LogP contribution in [-0.2, 0) is 0 Å². The van der Waals surface area contributed by atoms with E-state index < -0.39 is 0 Å². The third-order valence-electron chi connectivity index (χ3n) is 2.90. The van der Waals surface area contributed by atoms with Gasteiger partial charge in [-0.05, 0) is 18.6 Å². The molecule has 6 heteroatoms. The number of hydrogen-bond acceptors (Lipinski definition) is 4. The lowest BCUT2D eigenvalue weighted by atomic mass is 10.1. The first-order valence-corrected chi connectivity index (χ1v) is 6.30. The van der Waals surface area contributed by atoms with Gasteiger partial charge < -0.3 is 16.3 Å². The summed E-state index contributed by atoms with van der Waals surface area (Å²) in [6, 6.07) is 9.24. The van der Waals surface area contributed by atoms with Crippen molar-refractivity contribution in [3.63, 3.8) is 0 Å². The first-order chi connectivity index (χ1) is 9.72. The predicted molar refractivity (Wildman–Crippen MR) is 76.7 cm³/mol. The summed E-state index contributed by atoms with van der Waals surface area (Å²) >= 11 is 0. The number of nitrogens with zero attached hydrogens (tertiary/aromatic N) is 2. The molecule has 104 valence electrons. The molecule has 2 rings (SSSR count). The van der Waals surface area contributed by atoms with E-state index >= 15 is 0 Å². The zero-order valence-corrected chi connectivity index (χ0v) is 10.9. The maximum atomic E-state index is 12.1. The molecule has 6 nitrogen and oxygen atoms in total. The molecule has 0 saturated heterocycles. The highest BCUT2D eigenvalue weighted by Crippen LogP contribution is 2.15. The Morgan fingerprint density at radius 3 is 2.95 bits per heavy atom. The number of amidine groups is 1. The number of carbonyl (C=O) groups excluding carboxylic acids is 1. The van der Waals surface area contributed by atoms with Crippen LogP contribution in [0.4, 0.5) is 0 Å². The third kappa shape index (κ3) is 3.23. The van der Waals surface area contributed by atoms with Gasteiger partial charge in [0, 0.05) is 24.5 Å². The van der Waals surface area contributed by atoms with Gasteiger partial charge in [0.25, 0.3) is 5.91 Å². The van der Waals surface area contributed by atoms with Gasteiger partial charge >= 0.3 is 0 Å². The quantitative estimate of drug-likeness (QED) is 0.252. The molecule has 0 unspecified atom stereocenters. The number of fused-ring (bicyclic) bond motifs is 1. The van der Waals surface area contributed by atoms with Gasteiger partial charge in [0.05, 0.1) is 11.1 Å². The number of benzene rings is 1. The number of carbonyl (C=O) groups is 1. The molecule has 0 radical (unpaired) electrons. The van der Waals surface area contributed by atoms with E-state index in [-0.39, 0.29) is 11.7 Å². The molecular weight excluding hydrogens is 256 g/mol. The summed E-state index contributed by atoms with van der Waals surface area (Å²) in [6.45, 7) is 0.457. The van der Waals surface area contributed by atoms with E-state index in [0.717, 1.165) is 5.39 Å². The Balaban J connectivity index is 2.01. The van der Waals surface area contributed by atoms with Crippen molar-refractivity contribution in [1.82, 2.24) is 10.3 Å². The second-order valence-corrected chi connectivity index (χ2v) is 4.33. The molecule has 1 amide bonds. The van der Waals surface area contributed by atoms with E-state index in [9.17, 15) is 4.79 Å². The van der Waals surface area contributed by atoms with E-state index in [2.05, 4.69) is 15.5 Å². The van der Waals surface area contributed by atoms with Crippen molar-refractivity contribution in [1.29, 1.82) is 0 Å². The molecular formula is C14H16N4O2. The Kier molecular flexibility index (Phi) is 4.49. The second kappa shape index (κ2) is 6.51. The number of rotatable bonds is 5. The Labute approximate surface area is 116 Å². The molecule has 0 bridgehead atoms. The summed E-state index contributed by atoms with van der Waals surface area (Å²) in [7, 11) is 0. The number of hydrogen-bond donors (Lipinski definition) is 3. The molecule has 1 aromatic carbocycles. The number of amides is 1. The van der Waals surface area contributed by atoms with Crippen LogP contribution in [0.15, 0.2) is 41.7 Å². The lowest BCUT2D eigenvalue weighted by Crippen LogP contribution is -2.26. The Morgan fingerprint density at radius 2 is 2.15 bits per heavy atom. The Bertz CT molecular complexity index is 635. The van der Waals surface area contributed by atoms with E-state index in [1.807, 2.05) is 24.3 Å². The van der Waals surface area contributed by atoms with E-state index in [4.69, 9.17) is 10.9 Å². The van der Waals surface area contributed by atoms with Crippen LogP contribution in [0.1, 0.15) is 23.2 Å². The number of aromatic nitrogens is 1. The third-order valence-corrected chi connectivity index (χ3v) is 2.90. The number of nitrogens with two attached hydrogens (primary N) is 1. The normalized spacial score (nSPS) is 11.5. The van der Waals surface area contributed by atoms with Gasteiger partial charge in [-0.3, -0.25) is 9.78 Å². The SMILES string of the molecule is NC(CCCNC(=O)c1cccc2cccnc12)=NO. The average molecular weight is 272 g/mol. The molecule has 0 aliphatic rings. The molecule has 0 aliphatic heterocycles. The van der Waals surface area contributed by atoms with Crippen LogP contribution in [0.25, 0.3) is 10.9 Å². The lowest BCUT2D eigenvalue weighted by Gasteiger charge is -2.07. The van der Waals surface area contributed by atoms with E-state index in [1.54, 1.807) is 12.3 Å². The maximum Gasteiger partial charge on any atom is 0.253 e. The second-order valence-electron chi connectivity index (χ2n) is 4.33. The van der Waals surface area contributed by atoms with Gasteiger partial charge in [-0.25, -0.2) is 0 Å². The van der Waals surface area contributed by atoms with Gasteiger partial charge in [0.15, 0.2) is 0 Å². The first-order valence-electron chi connectivity index (χ1n) is 6.30. The van der Waals surface area contributed by atoms with Crippen molar-refractivity contribution in [2.45, 2.75) is 12.8 Å². The number of pyridine rings is 1. The average Bonchev–Trinajstić information content (AvgIpc) is 2.50. The summed E-state index contributed by atoms with van der Waals surface area (Å²) in [5, 5.41) is 15.0. The topological polar surface area (TPSA) is 101 Å². The minimum absolute atomic E-state index is 0.158. The van der Waals surface area contributed by atoms with Gasteiger partial charge in [-0.1, -0.05) is 23.4 Å². The molecule has 0 fully saturated rings. The monoisotopic (exact) mass is 272 g/mol. The van der Waals surface area contributed by atoms with Crippen LogP contribution in [0.3, 0.4) is 0 Å². The highest BCUT2D eigenvalue weighted by molar-refractivity contribution is 6.05. The van der Waals surface area contributed by atoms with Crippen LogP contribution in [0.5, 0.6) is 0 Å². The largest absolute Gasteiger partial charge is 0.409 e. The summed E-state index contributed by atoms with van der Waals surface area (Å²) in [6.07, 6.45) is 2.71. The van der Waals surface area contributed by atoms with Gasteiger partial charge in [-0.2, -0.15) is 0 Å². The highest BCUT2D eigenvalue weighted by atomic mass is 16.4. The molecule has 0 aliphatic carbocycles. The number of oxime groups is 1. The Morgan fingerprint density at radius 1 is 1.35 bits per heavy atom. The van der Waals surface area contributed by atoms with Crippen LogP contribution in [0.2, 0.25) is 0 Å². The standard InChI is InChI=1S/C14H16N4O2/c15-12(18-20)7-3-9-17-14(19)11-6-1-4-10-5-2-8-16-13(10)11/h1-2,4-6,8,20H,3,7,9H2,(H2,15,18)(H,17,19). The van der Waals surface area contributed by atoms with Gasteiger partial charge in [-0.15, -0.1) is 0 Å². The minimum atomic E-state index is -0.172. The van der Waals surface area contributed by atoms with Crippen molar-refractivity contribution in [3.8, 4) is 0 Å². The molecule has 0 atom stereocenters. The smallest absolute Gasteiger partial charge is 0.253 e. The van der Waals surface area contributed by atoms with Crippen molar-refractivity contribution in [2.24, 2.45) is 10.9 Å². The van der Waals surface area contributed by atoms with Crippen LogP contribution < -0.4 is 11.1 Å². The summed E-state index contributed by atoms with van der Waals surface area (Å²) in [4.78, 5) is 16.3. The minimum Gasteiger partial charge on any atom is -0.409 e. The molecule has 4 N–H and O–H groups in total. The van der Waals surface area contributed by atoms with Crippen molar-refractivity contribution >= 4 is 22.6 Å².